The van der Waals surface area contributed by atoms with Gasteiger partial charge in [-0.15, -0.1) is 0 Å². The number of hydrogen-bond acceptors (Lipinski definition) is 4. The second-order valence-corrected chi connectivity index (χ2v) is 4.69. The third-order valence-electron chi connectivity index (χ3n) is 2.65. The zero-order valence-corrected chi connectivity index (χ0v) is 11.3. The number of nitrogens with zero attached hydrogens (tertiary/aromatic N) is 3. The van der Waals surface area contributed by atoms with E-state index in [1.54, 1.807) is 6.20 Å². The van der Waals surface area contributed by atoms with Crippen molar-refractivity contribution in [3.8, 4) is 0 Å². The summed E-state index contributed by atoms with van der Waals surface area (Å²) in [5.41, 5.74) is 8.56. The van der Waals surface area contributed by atoms with Gasteiger partial charge in [-0.05, 0) is 28.9 Å². The molecule has 2 rings (SSSR count). The Kier molecular flexibility index (Phi) is 3.33. The molecule has 3 N–H and O–H groups in total. The van der Waals surface area contributed by atoms with Crippen molar-refractivity contribution < 1.29 is 0 Å². The monoisotopic (exact) mass is 295 g/mol. The number of rotatable bonds is 3. The summed E-state index contributed by atoms with van der Waals surface area (Å²) in [4.78, 5) is 4.22. The van der Waals surface area contributed by atoms with Crippen LogP contribution in [-0.4, -0.2) is 14.8 Å². The van der Waals surface area contributed by atoms with Crippen LogP contribution in [0, 0.1) is 6.92 Å². The molecular formula is C11H14BrN5. The van der Waals surface area contributed by atoms with Gasteiger partial charge in [0, 0.05) is 24.8 Å². The smallest absolute Gasteiger partial charge is 0.140 e. The van der Waals surface area contributed by atoms with Crippen LogP contribution in [-0.2, 0) is 13.6 Å². The second-order valence-electron chi connectivity index (χ2n) is 3.83. The summed E-state index contributed by atoms with van der Waals surface area (Å²) in [6.07, 6.45) is 3.48. The Labute approximate surface area is 108 Å². The maximum absolute atomic E-state index is 5.63. The molecule has 0 aliphatic heterocycles. The van der Waals surface area contributed by atoms with Gasteiger partial charge >= 0.3 is 0 Å². The Balaban J connectivity index is 2.10. The zero-order valence-electron chi connectivity index (χ0n) is 9.74. The van der Waals surface area contributed by atoms with Gasteiger partial charge in [0.25, 0.3) is 0 Å². The van der Waals surface area contributed by atoms with Gasteiger partial charge in [-0.25, -0.2) is 4.98 Å². The molecule has 2 heterocycles. The van der Waals surface area contributed by atoms with Gasteiger partial charge in [0.05, 0.1) is 22.6 Å². The highest BCUT2D eigenvalue weighted by molar-refractivity contribution is 9.10. The molecule has 0 fully saturated rings. The second kappa shape index (κ2) is 4.75. The van der Waals surface area contributed by atoms with E-state index >= 15 is 0 Å². The number of aryl methyl sites for hydroxylation is 1. The molecule has 0 saturated carbocycles. The van der Waals surface area contributed by atoms with Crippen molar-refractivity contribution in [2.75, 3.05) is 11.1 Å². The fourth-order valence-electron chi connectivity index (χ4n) is 1.48. The normalized spacial score (nSPS) is 10.5. The van der Waals surface area contributed by atoms with Crippen LogP contribution in [0.5, 0.6) is 0 Å². The summed E-state index contributed by atoms with van der Waals surface area (Å²) in [5, 5.41) is 7.43. The average molecular weight is 296 g/mol. The number of pyridine rings is 1. The Hall–Kier alpha value is -1.56. The third kappa shape index (κ3) is 2.58. The number of nitrogen functional groups attached to an aromatic ring is 1. The Morgan fingerprint density at radius 3 is 2.82 bits per heavy atom. The molecule has 0 aliphatic rings. The molecule has 2 aromatic rings. The highest BCUT2D eigenvalue weighted by atomic mass is 79.9. The number of aromatic nitrogens is 3. The maximum Gasteiger partial charge on any atom is 0.140 e. The molecule has 5 nitrogen and oxygen atoms in total. The van der Waals surface area contributed by atoms with Gasteiger partial charge in [-0.3, -0.25) is 4.68 Å². The number of hydrogen-bond donors (Lipinski definition) is 2. The maximum atomic E-state index is 5.63. The lowest BCUT2D eigenvalue weighted by molar-refractivity contribution is 0.738. The van der Waals surface area contributed by atoms with Crippen molar-refractivity contribution in [2.45, 2.75) is 13.5 Å². The Bertz CT molecular complexity index is 535. The summed E-state index contributed by atoms with van der Waals surface area (Å²) in [6, 6.07) is 1.82. The van der Waals surface area contributed by atoms with Crippen LogP contribution < -0.4 is 11.1 Å². The molecule has 6 heteroatoms. The minimum absolute atomic E-state index is 0.639. The summed E-state index contributed by atoms with van der Waals surface area (Å²) < 4.78 is 2.71. The van der Waals surface area contributed by atoms with Crippen LogP contribution in [0.1, 0.15) is 11.3 Å². The fourth-order valence-corrected chi connectivity index (χ4v) is 1.99. The van der Waals surface area contributed by atoms with Crippen molar-refractivity contribution in [3.63, 3.8) is 0 Å². The SMILES string of the molecule is Cc1c(CNc2ncc(N)cc2Br)cnn1C. The van der Waals surface area contributed by atoms with E-state index in [2.05, 4.69) is 31.3 Å². The molecule has 0 amide bonds. The van der Waals surface area contributed by atoms with E-state index in [1.165, 1.54) is 0 Å². The molecular weight excluding hydrogens is 282 g/mol. The molecule has 0 aliphatic carbocycles. The van der Waals surface area contributed by atoms with E-state index in [-0.39, 0.29) is 0 Å². The summed E-state index contributed by atoms with van der Waals surface area (Å²) in [7, 11) is 1.93. The molecule has 0 spiro atoms. The van der Waals surface area contributed by atoms with Gasteiger partial charge in [0.1, 0.15) is 5.82 Å². The lowest BCUT2D eigenvalue weighted by atomic mass is 10.2. The molecule has 2 aromatic heterocycles. The van der Waals surface area contributed by atoms with Crippen molar-refractivity contribution >= 4 is 27.4 Å². The lowest BCUT2D eigenvalue weighted by Crippen LogP contribution is -2.04. The number of halogens is 1. The summed E-state index contributed by atoms with van der Waals surface area (Å²) in [5.74, 6) is 0.780. The van der Waals surface area contributed by atoms with Crippen LogP contribution in [0.4, 0.5) is 11.5 Å². The average Bonchev–Trinajstić information content (AvgIpc) is 2.59. The molecule has 17 heavy (non-hydrogen) atoms. The van der Waals surface area contributed by atoms with Gasteiger partial charge < -0.3 is 11.1 Å². The number of anilines is 2. The largest absolute Gasteiger partial charge is 0.397 e. The predicted molar refractivity (Wildman–Crippen MR) is 71.6 cm³/mol. The van der Waals surface area contributed by atoms with Gasteiger partial charge in [-0.2, -0.15) is 5.10 Å². The molecule has 0 atom stereocenters. The Morgan fingerprint density at radius 2 is 2.24 bits per heavy atom. The van der Waals surface area contributed by atoms with Crippen molar-refractivity contribution in [1.29, 1.82) is 0 Å². The summed E-state index contributed by atoms with van der Waals surface area (Å²) in [6.45, 7) is 2.73. The predicted octanol–water partition coefficient (Wildman–Crippen LogP) is 2.08. The van der Waals surface area contributed by atoms with Crippen molar-refractivity contribution in [1.82, 2.24) is 14.8 Å². The highest BCUT2D eigenvalue weighted by Crippen LogP contribution is 2.22. The van der Waals surface area contributed by atoms with E-state index in [4.69, 9.17) is 5.73 Å². The van der Waals surface area contributed by atoms with Crippen molar-refractivity contribution in [3.05, 3.63) is 34.2 Å². The minimum Gasteiger partial charge on any atom is -0.397 e. The van der Waals surface area contributed by atoms with E-state index < -0.39 is 0 Å². The first-order chi connectivity index (χ1) is 8.08. The van der Waals surface area contributed by atoms with E-state index in [0.717, 1.165) is 21.5 Å². The highest BCUT2D eigenvalue weighted by Gasteiger charge is 2.05. The van der Waals surface area contributed by atoms with Crippen LogP contribution in [0.2, 0.25) is 0 Å². The minimum atomic E-state index is 0.639. The number of nitrogens with two attached hydrogens (primary N) is 1. The van der Waals surface area contributed by atoms with E-state index in [0.29, 0.717) is 12.2 Å². The topological polar surface area (TPSA) is 68.8 Å². The fraction of sp³-hybridized carbons (Fsp3) is 0.273. The number of nitrogens with one attached hydrogen (secondary N) is 1. The first-order valence-corrected chi connectivity index (χ1v) is 5.99. The quantitative estimate of drug-likeness (QED) is 0.910. The van der Waals surface area contributed by atoms with E-state index in [1.807, 2.05) is 30.9 Å². The molecule has 0 aromatic carbocycles. The first-order valence-electron chi connectivity index (χ1n) is 5.20. The van der Waals surface area contributed by atoms with Crippen molar-refractivity contribution in [2.24, 2.45) is 7.05 Å². The molecule has 0 saturated heterocycles. The molecule has 0 bridgehead atoms. The molecule has 90 valence electrons. The lowest BCUT2D eigenvalue weighted by Gasteiger charge is -2.07. The Morgan fingerprint density at radius 1 is 1.47 bits per heavy atom. The van der Waals surface area contributed by atoms with Crippen LogP contribution in [0.3, 0.4) is 0 Å². The van der Waals surface area contributed by atoms with Gasteiger partial charge in [0.15, 0.2) is 0 Å². The third-order valence-corrected chi connectivity index (χ3v) is 3.25. The summed E-state index contributed by atoms with van der Waals surface area (Å²) >= 11 is 3.42. The first kappa shape index (κ1) is 11.9. The van der Waals surface area contributed by atoms with Gasteiger partial charge in [0.2, 0.25) is 0 Å². The molecule has 0 radical (unpaired) electrons. The van der Waals surface area contributed by atoms with Crippen LogP contribution >= 0.6 is 15.9 Å². The standard InChI is InChI=1S/C11H14BrN5/c1-7-8(5-16-17(7)2)4-14-11-10(12)3-9(13)6-15-11/h3,5-6H,4,13H2,1-2H3,(H,14,15). The van der Waals surface area contributed by atoms with Gasteiger partial charge in [-0.1, -0.05) is 0 Å². The molecule has 0 unspecified atom stereocenters. The zero-order chi connectivity index (χ0) is 12.4. The van der Waals surface area contributed by atoms with Crippen LogP contribution in [0.15, 0.2) is 22.9 Å². The van der Waals surface area contributed by atoms with Crippen LogP contribution in [0.25, 0.3) is 0 Å². The van der Waals surface area contributed by atoms with E-state index in [9.17, 15) is 0 Å².